The Morgan fingerprint density at radius 2 is 2.03 bits per heavy atom. The molecule has 2 aromatic carbocycles. The van der Waals surface area contributed by atoms with Crippen LogP contribution in [0.25, 0.3) is 0 Å². The smallest absolute Gasteiger partial charge is 0.214 e. The highest BCUT2D eigenvalue weighted by Crippen LogP contribution is 2.51. The molecule has 2 aliphatic rings. The molecule has 0 N–H and O–H groups in total. The quantitative estimate of drug-likeness (QED) is 0.465. The van der Waals surface area contributed by atoms with E-state index in [0.29, 0.717) is 6.61 Å². The van der Waals surface area contributed by atoms with E-state index in [1.54, 1.807) is 23.1 Å². The van der Waals surface area contributed by atoms with Crippen LogP contribution in [0, 0.1) is 0 Å². The highest BCUT2D eigenvalue weighted by atomic mass is 32.2. The minimum absolute atomic E-state index is 0.140. The van der Waals surface area contributed by atoms with Crippen molar-refractivity contribution >= 4 is 28.8 Å². The van der Waals surface area contributed by atoms with Crippen LogP contribution >= 0.6 is 23.1 Å². The van der Waals surface area contributed by atoms with Crippen LogP contribution in [-0.2, 0) is 0 Å². The molecule has 0 fully saturated rings. The second-order valence-corrected chi connectivity index (χ2v) is 8.80. The van der Waals surface area contributed by atoms with Crippen molar-refractivity contribution < 1.29 is 9.47 Å². The summed E-state index contributed by atoms with van der Waals surface area (Å²) in [5.41, 5.74) is 3.36. The first kappa shape index (κ1) is 18.6. The number of para-hydroxylation sites is 1. The topological polar surface area (TPSA) is 34.1 Å². The van der Waals surface area contributed by atoms with Crippen LogP contribution in [0.15, 0.2) is 70.0 Å². The lowest BCUT2D eigenvalue weighted by molar-refractivity contribution is -0.0212. The van der Waals surface area contributed by atoms with Crippen molar-refractivity contribution in [1.82, 2.24) is 5.01 Å². The van der Waals surface area contributed by atoms with Crippen molar-refractivity contribution in [3.8, 4) is 11.5 Å². The van der Waals surface area contributed by atoms with Crippen molar-refractivity contribution in [2.75, 3.05) is 12.9 Å². The number of hydrogen-bond donors (Lipinski definition) is 0. The van der Waals surface area contributed by atoms with Gasteiger partial charge in [0.1, 0.15) is 0 Å². The molecule has 2 atom stereocenters. The molecule has 0 spiro atoms. The van der Waals surface area contributed by atoms with Gasteiger partial charge in [0.15, 0.2) is 11.5 Å². The summed E-state index contributed by atoms with van der Waals surface area (Å²) in [4.78, 5) is 2.46. The summed E-state index contributed by atoms with van der Waals surface area (Å²) in [6, 6.07) is 19.1. The molecule has 0 amide bonds. The normalized spacial score (nSPS) is 19.9. The van der Waals surface area contributed by atoms with Gasteiger partial charge in [-0.2, -0.15) is 5.10 Å². The highest BCUT2D eigenvalue weighted by Gasteiger charge is 2.42. The minimum atomic E-state index is -0.275. The summed E-state index contributed by atoms with van der Waals surface area (Å²) in [7, 11) is 0. The molecule has 4 nitrogen and oxygen atoms in total. The molecule has 2 aliphatic heterocycles. The lowest BCUT2D eigenvalue weighted by Gasteiger charge is -2.38. The number of hydrogen-bond acceptors (Lipinski definition) is 6. The Kier molecular flexibility index (Phi) is 4.97. The van der Waals surface area contributed by atoms with Gasteiger partial charge < -0.3 is 9.47 Å². The summed E-state index contributed by atoms with van der Waals surface area (Å²) in [5.74, 6) is 1.65. The molecule has 1 aromatic heterocycles. The number of ether oxygens (including phenoxy) is 2. The molecular formula is C23H22N2O2S2. The first-order valence-electron chi connectivity index (χ1n) is 9.74. The van der Waals surface area contributed by atoms with Crippen LogP contribution in [0.5, 0.6) is 11.5 Å². The van der Waals surface area contributed by atoms with Crippen LogP contribution < -0.4 is 9.47 Å². The van der Waals surface area contributed by atoms with E-state index in [-0.39, 0.29) is 12.3 Å². The third kappa shape index (κ3) is 3.30. The maximum Gasteiger partial charge on any atom is 0.214 e. The molecule has 6 heteroatoms. The fourth-order valence-corrected chi connectivity index (χ4v) is 5.06. The van der Waals surface area contributed by atoms with Gasteiger partial charge in [-0.15, -0.1) is 23.1 Å². The fraction of sp³-hybridized carbons (Fsp3) is 0.261. The third-order valence-electron chi connectivity index (χ3n) is 5.29. The minimum Gasteiger partial charge on any atom is -0.490 e. The largest absolute Gasteiger partial charge is 0.490 e. The predicted octanol–water partition coefficient (Wildman–Crippen LogP) is 6.11. The van der Waals surface area contributed by atoms with Crippen LogP contribution in [-0.4, -0.2) is 23.6 Å². The van der Waals surface area contributed by atoms with Gasteiger partial charge in [0.25, 0.3) is 0 Å². The lowest BCUT2D eigenvalue weighted by Crippen LogP contribution is -2.33. The van der Waals surface area contributed by atoms with Gasteiger partial charge >= 0.3 is 0 Å². The van der Waals surface area contributed by atoms with Gasteiger partial charge in [-0.25, -0.2) is 5.01 Å². The predicted molar refractivity (Wildman–Crippen MR) is 119 cm³/mol. The second-order valence-electron chi connectivity index (χ2n) is 6.97. The van der Waals surface area contributed by atoms with Gasteiger partial charge in [-0.3, -0.25) is 0 Å². The van der Waals surface area contributed by atoms with Crippen molar-refractivity contribution in [3.63, 3.8) is 0 Å². The van der Waals surface area contributed by atoms with Gasteiger partial charge in [0.2, 0.25) is 6.23 Å². The Hall–Kier alpha value is -2.44. The molecule has 0 unspecified atom stereocenters. The van der Waals surface area contributed by atoms with Crippen molar-refractivity contribution in [3.05, 3.63) is 76.0 Å². The summed E-state index contributed by atoms with van der Waals surface area (Å²) in [5, 5.41) is 9.25. The summed E-state index contributed by atoms with van der Waals surface area (Å²) in [6.45, 7) is 2.61. The number of benzene rings is 2. The average molecular weight is 423 g/mol. The van der Waals surface area contributed by atoms with Crippen LogP contribution in [0.2, 0.25) is 0 Å². The van der Waals surface area contributed by atoms with E-state index in [0.717, 1.165) is 34.8 Å². The SMILES string of the molecule is CCOc1cccc2c1O[C@H](c1ccc(SC)cc1)N1N=C(c3cccs3)C[C@@H]21. The zero-order valence-corrected chi connectivity index (χ0v) is 18.0. The molecule has 0 bridgehead atoms. The maximum absolute atomic E-state index is 6.55. The van der Waals surface area contributed by atoms with E-state index >= 15 is 0 Å². The second kappa shape index (κ2) is 7.76. The molecule has 3 heterocycles. The number of rotatable bonds is 5. The first-order valence-corrected chi connectivity index (χ1v) is 11.8. The molecule has 5 rings (SSSR count). The Labute approximate surface area is 179 Å². The van der Waals surface area contributed by atoms with E-state index < -0.39 is 0 Å². The zero-order chi connectivity index (χ0) is 19.8. The molecule has 148 valence electrons. The van der Waals surface area contributed by atoms with Crippen LogP contribution in [0.1, 0.15) is 41.6 Å². The molecule has 0 aliphatic carbocycles. The monoisotopic (exact) mass is 422 g/mol. The fourth-order valence-electron chi connectivity index (χ4n) is 3.93. The van der Waals surface area contributed by atoms with Crippen molar-refractivity contribution in [2.45, 2.75) is 30.5 Å². The van der Waals surface area contributed by atoms with Crippen molar-refractivity contribution in [1.29, 1.82) is 0 Å². The van der Waals surface area contributed by atoms with Gasteiger partial charge in [-0.1, -0.05) is 30.3 Å². The van der Waals surface area contributed by atoms with Crippen LogP contribution in [0.4, 0.5) is 0 Å². The van der Waals surface area contributed by atoms with Gasteiger partial charge in [0, 0.05) is 22.4 Å². The lowest BCUT2D eigenvalue weighted by atomic mass is 9.97. The van der Waals surface area contributed by atoms with E-state index in [1.807, 2.05) is 19.1 Å². The summed E-state index contributed by atoms with van der Waals surface area (Å²) in [6.07, 6.45) is 2.68. The van der Waals surface area contributed by atoms with Crippen LogP contribution in [0.3, 0.4) is 0 Å². The number of thioether (sulfide) groups is 1. The molecule has 0 saturated heterocycles. The molecular weight excluding hydrogens is 400 g/mol. The summed E-state index contributed by atoms with van der Waals surface area (Å²) >= 11 is 3.47. The Balaban J connectivity index is 1.60. The van der Waals surface area contributed by atoms with Gasteiger partial charge in [0.05, 0.1) is 23.2 Å². The Morgan fingerprint density at radius 3 is 2.76 bits per heavy atom. The Morgan fingerprint density at radius 1 is 1.17 bits per heavy atom. The first-order chi connectivity index (χ1) is 14.3. The molecule has 0 radical (unpaired) electrons. The average Bonchev–Trinajstić information content (AvgIpc) is 3.44. The number of hydrazone groups is 1. The number of thiophene rings is 1. The molecule has 29 heavy (non-hydrogen) atoms. The molecule has 3 aromatic rings. The summed E-state index contributed by atoms with van der Waals surface area (Å²) < 4.78 is 12.4. The Bertz CT molecular complexity index is 1030. The number of fused-ring (bicyclic) bond motifs is 3. The standard InChI is InChI=1S/C23H22N2O2S2/c1-3-26-20-7-4-6-17-19-14-18(21-8-5-13-29-21)24-25(19)23(27-22(17)20)15-9-11-16(28-2)12-10-15/h4-13,19,23H,3,14H2,1-2H3/t19-,23+/m0/s1. The zero-order valence-electron chi connectivity index (χ0n) is 16.4. The van der Waals surface area contributed by atoms with E-state index in [9.17, 15) is 0 Å². The third-order valence-corrected chi connectivity index (χ3v) is 6.95. The van der Waals surface area contributed by atoms with E-state index in [2.05, 4.69) is 59.1 Å². The van der Waals surface area contributed by atoms with E-state index in [1.165, 1.54) is 9.77 Å². The number of nitrogens with zero attached hydrogens (tertiary/aromatic N) is 2. The highest BCUT2D eigenvalue weighted by molar-refractivity contribution is 7.98. The maximum atomic E-state index is 6.55. The van der Waals surface area contributed by atoms with E-state index in [4.69, 9.17) is 14.6 Å². The van der Waals surface area contributed by atoms with Crippen molar-refractivity contribution in [2.24, 2.45) is 5.10 Å². The molecule has 0 saturated carbocycles. The van der Waals surface area contributed by atoms with Gasteiger partial charge in [-0.05, 0) is 42.8 Å².